The van der Waals surface area contributed by atoms with Crippen LogP contribution < -0.4 is 25.6 Å². The molecule has 0 saturated heterocycles. The minimum atomic E-state index is -3.43. The first-order valence-corrected chi connectivity index (χ1v) is 23.3. The van der Waals surface area contributed by atoms with Crippen molar-refractivity contribution in [3.63, 3.8) is 0 Å². The smallest absolute Gasteiger partial charge is 0.361 e. The van der Waals surface area contributed by atoms with Gasteiger partial charge < -0.3 is 43.9 Å². The summed E-state index contributed by atoms with van der Waals surface area (Å²) < 4.78 is 57.9. The van der Waals surface area contributed by atoms with Gasteiger partial charge in [-0.2, -0.15) is 0 Å². The van der Waals surface area contributed by atoms with E-state index in [4.69, 9.17) is 46.0 Å². The number of nitrogen functional groups attached to an aromatic ring is 2. The molecule has 0 aliphatic carbocycles. The number of nitrogens with two attached hydrogens (primary N) is 2. The molecule has 60 heavy (non-hydrogen) atoms. The molecule has 4 aromatic heterocycles. The lowest BCUT2D eigenvalue weighted by Crippen LogP contribution is -2.25. The van der Waals surface area contributed by atoms with Crippen molar-refractivity contribution < 1.29 is 32.4 Å². The monoisotopic (exact) mass is 877 g/mol. The van der Waals surface area contributed by atoms with Crippen LogP contribution in [0.15, 0.2) is 116 Å². The Hall–Kier alpha value is -5.45. The normalized spacial score (nSPS) is 14.4. The fraction of sp³-hybridized carbons (Fsp3) is 0.282. The van der Waals surface area contributed by atoms with E-state index in [2.05, 4.69) is 35.0 Å². The first-order chi connectivity index (χ1) is 29.0. The molecule has 0 radical (unpaired) electrons. The zero-order chi connectivity index (χ0) is 42.4. The van der Waals surface area contributed by atoms with E-state index < -0.39 is 14.2 Å². The number of hydrogen-bond acceptors (Lipinski definition) is 15. The number of nitrogens with zero attached hydrogens (tertiary/aromatic N) is 8. The van der Waals surface area contributed by atoms with Crippen molar-refractivity contribution in [2.24, 2.45) is 0 Å². The Morgan fingerprint density at radius 2 is 1.15 bits per heavy atom. The highest BCUT2D eigenvalue weighted by atomic mass is 35.7. The quantitative estimate of drug-likeness (QED) is 0.0510. The van der Waals surface area contributed by atoms with Crippen molar-refractivity contribution in [1.82, 2.24) is 44.1 Å². The molecule has 21 heteroatoms. The fourth-order valence-corrected chi connectivity index (χ4v) is 8.52. The van der Waals surface area contributed by atoms with E-state index in [1.807, 2.05) is 73.0 Å². The molecule has 0 aliphatic heterocycles. The van der Waals surface area contributed by atoms with E-state index in [1.54, 1.807) is 53.6 Å². The maximum atomic E-state index is 13.6. The lowest BCUT2D eigenvalue weighted by molar-refractivity contribution is 0.0815. The van der Waals surface area contributed by atoms with Gasteiger partial charge in [0.2, 0.25) is 0 Å². The molecule has 0 aliphatic rings. The van der Waals surface area contributed by atoms with Crippen molar-refractivity contribution in [3.05, 3.63) is 122 Å². The summed E-state index contributed by atoms with van der Waals surface area (Å²) in [5, 5.41) is 3.01. The molecule has 0 amide bonds. The summed E-state index contributed by atoms with van der Waals surface area (Å²) in [5.74, 6) is 1.57. The van der Waals surface area contributed by atoms with Crippen LogP contribution in [0.1, 0.15) is 19.4 Å². The molecule has 7 rings (SSSR count). The van der Waals surface area contributed by atoms with Gasteiger partial charge in [0.15, 0.2) is 22.9 Å². The number of imidazole rings is 2. The largest absolute Gasteiger partial charge is 0.431 e. The van der Waals surface area contributed by atoms with Gasteiger partial charge in [-0.3, -0.25) is 9.13 Å². The molecule has 2 unspecified atom stereocenters. The van der Waals surface area contributed by atoms with Crippen LogP contribution in [0.4, 0.5) is 11.6 Å². The van der Waals surface area contributed by atoms with Crippen LogP contribution in [-0.2, 0) is 43.0 Å². The highest BCUT2D eigenvalue weighted by Gasteiger charge is 2.27. The molecule has 0 spiro atoms. The Morgan fingerprint density at radius 1 is 0.667 bits per heavy atom. The summed E-state index contributed by atoms with van der Waals surface area (Å²) in [6.07, 6.45) is 5.09. The summed E-state index contributed by atoms with van der Waals surface area (Å²) >= 11 is 5.96. The average molecular weight is 878 g/mol. The SMILES string of the molecule is C[C@H](Cn1cnc2c(N)ncnc21)OCP(=O)(Cl)Oc1ccccc1.C[C@H](Cn1cnc2c(N)ncnc21)OCP(=O)(NCCOCc1ccccc1)Oc1ccccc1. The zero-order valence-electron chi connectivity index (χ0n) is 32.9. The van der Waals surface area contributed by atoms with Gasteiger partial charge in [0, 0.05) is 6.54 Å². The van der Waals surface area contributed by atoms with Crippen LogP contribution >= 0.6 is 25.5 Å². The predicted octanol–water partition coefficient (Wildman–Crippen LogP) is 7.13. The van der Waals surface area contributed by atoms with Gasteiger partial charge in [-0.25, -0.2) is 35.0 Å². The summed E-state index contributed by atoms with van der Waals surface area (Å²) in [7, 11) is -3.38. The number of halogens is 1. The molecule has 3 aromatic carbocycles. The van der Waals surface area contributed by atoms with Crippen molar-refractivity contribution in [1.29, 1.82) is 0 Å². The Morgan fingerprint density at radius 3 is 1.68 bits per heavy atom. The van der Waals surface area contributed by atoms with E-state index in [9.17, 15) is 9.13 Å². The Labute approximate surface area is 351 Å². The third kappa shape index (κ3) is 13.0. The third-order valence-electron chi connectivity index (χ3n) is 8.50. The molecule has 7 aromatic rings. The number of nitrogens with one attached hydrogen (secondary N) is 1. The van der Waals surface area contributed by atoms with Gasteiger partial charge in [-0.15, -0.1) is 0 Å². The van der Waals surface area contributed by atoms with Crippen LogP contribution in [0.3, 0.4) is 0 Å². The second-order valence-corrected chi connectivity index (χ2v) is 18.7. The fourth-order valence-electron chi connectivity index (χ4n) is 5.64. The summed E-state index contributed by atoms with van der Waals surface area (Å²) in [6.45, 7) is 2.35. The predicted molar refractivity (Wildman–Crippen MR) is 230 cm³/mol. The van der Waals surface area contributed by atoms with Gasteiger partial charge in [0.1, 0.15) is 47.9 Å². The first kappa shape index (κ1) is 44.1. The number of benzene rings is 3. The number of aromatic nitrogens is 8. The molecule has 4 heterocycles. The zero-order valence-corrected chi connectivity index (χ0v) is 35.5. The van der Waals surface area contributed by atoms with Crippen molar-refractivity contribution in [2.75, 3.05) is 37.3 Å². The van der Waals surface area contributed by atoms with Crippen LogP contribution in [0, 0.1) is 0 Å². The van der Waals surface area contributed by atoms with Gasteiger partial charge >= 0.3 is 14.2 Å². The Balaban J connectivity index is 0.000000213. The molecular weight excluding hydrogens is 832 g/mol. The average Bonchev–Trinajstić information content (AvgIpc) is 3.86. The second-order valence-electron chi connectivity index (χ2n) is 13.4. The molecule has 316 valence electrons. The number of para-hydroxylation sites is 2. The van der Waals surface area contributed by atoms with Crippen LogP contribution in [0.5, 0.6) is 11.5 Å². The second kappa shape index (κ2) is 21.2. The number of rotatable bonds is 20. The highest BCUT2D eigenvalue weighted by molar-refractivity contribution is 7.85. The van der Waals surface area contributed by atoms with Crippen LogP contribution in [0.25, 0.3) is 22.3 Å². The summed E-state index contributed by atoms with van der Waals surface area (Å²) in [6, 6.07) is 27.6. The minimum absolute atomic E-state index is 0.120. The maximum absolute atomic E-state index is 13.6. The molecule has 0 fully saturated rings. The van der Waals surface area contributed by atoms with Crippen molar-refractivity contribution >= 4 is 59.4 Å². The summed E-state index contributed by atoms with van der Waals surface area (Å²) in [5.41, 5.74) is 15.0. The molecule has 0 saturated carbocycles. The topological polar surface area (TPSA) is 232 Å². The first-order valence-electron chi connectivity index (χ1n) is 18.8. The number of ether oxygens (including phenoxy) is 3. The van der Waals surface area contributed by atoms with Crippen LogP contribution in [0.2, 0.25) is 0 Å². The molecule has 5 N–H and O–H groups in total. The minimum Gasteiger partial charge on any atom is -0.431 e. The number of fused-ring (bicyclic) bond motifs is 2. The van der Waals surface area contributed by atoms with Gasteiger partial charge in [0.25, 0.3) is 0 Å². The van der Waals surface area contributed by atoms with Crippen molar-refractivity contribution in [2.45, 2.75) is 45.8 Å². The summed E-state index contributed by atoms with van der Waals surface area (Å²) in [4.78, 5) is 24.7. The third-order valence-corrected chi connectivity index (χ3v) is 11.6. The van der Waals surface area contributed by atoms with E-state index in [1.165, 1.54) is 12.7 Å². The van der Waals surface area contributed by atoms with E-state index in [0.717, 1.165) is 5.56 Å². The molecule has 0 bridgehead atoms. The molecule has 18 nitrogen and oxygen atoms in total. The molecule has 4 atom stereocenters. The molecular formula is C39H46ClN11O7P2. The van der Waals surface area contributed by atoms with Crippen LogP contribution in [-0.4, -0.2) is 77.1 Å². The van der Waals surface area contributed by atoms with E-state index >= 15 is 0 Å². The number of anilines is 2. The van der Waals surface area contributed by atoms with E-state index in [0.29, 0.717) is 78.3 Å². The van der Waals surface area contributed by atoms with Gasteiger partial charge in [-0.1, -0.05) is 66.7 Å². The lowest BCUT2D eigenvalue weighted by atomic mass is 10.2. The Kier molecular flexibility index (Phi) is 15.6. The Bertz CT molecular complexity index is 2500. The maximum Gasteiger partial charge on any atom is 0.361 e. The standard InChI is InChI=1S/C24H29N6O4P.C15H17ClN5O3P/c1-19(14-30-17-28-22-23(25)26-16-27-24(22)30)33-18-35(31,34-21-10-6-3-7-11-21)29-12-13-32-15-20-8-4-2-5-9-20;1-11(7-21-9-20-13-14(17)18-8-19-15(13)21)23-10-25(16,22)24-12-5-3-2-4-6-12/h2-11,16-17,19H,12-15,18H2,1H3,(H,29,31)(H2,25,26,27);2-6,8-9,11H,7,10H2,1H3,(H2,17,18,19)/t19-,35?;11-,25?/m11/s1. The van der Waals surface area contributed by atoms with Gasteiger partial charge in [-0.05, 0) is 54.9 Å². The van der Waals surface area contributed by atoms with Crippen molar-refractivity contribution in [3.8, 4) is 11.5 Å². The number of hydrogen-bond donors (Lipinski definition) is 3. The van der Waals surface area contributed by atoms with Gasteiger partial charge in [0.05, 0.1) is 51.2 Å². The highest BCUT2D eigenvalue weighted by Crippen LogP contribution is 2.52. The van der Waals surface area contributed by atoms with E-state index in [-0.39, 0.29) is 24.9 Å². The lowest BCUT2D eigenvalue weighted by Gasteiger charge is -2.23.